The van der Waals surface area contributed by atoms with E-state index >= 15 is 0 Å². The van der Waals surface area contributed by atoms with Crippen LogP contribution in [0.1, 0.15) is 19.3 Å². The second-order valence-corrected chi connectivity index (χ2v) is 5.53. The number of benzene rings is 1. The molecule has 0 radical (unpaired) electrons. The van der Waals surface area contributed by atoms with E-state index in [4.69, 9.17) is 11.6 Å². The van der Waals surface area contributed by atoms with Crippen LogP contribution in [0.5, 0.6) is 0 Å². The Hall–Kier alpha value is -1.62. The van der Waals surface area contributed by atoms with E-state index in [1.54, 1.807) is 4.90 Å². The van der Waals surface area contributed by atoms with Gasteiger partial charge in [-0.05, 0) is 37.5 Å². The number of hydrogen-bond acceptors (Lipinski definition) is 2. The maximum atomic E-state index is 13.2. The molecule has 2 saturated heterocycles. The molecular weight excluding hydrogens is 283 g/mol. The molecule has 106 valence electrons. The van der Waals surface area contributed by atoms with Gasteiger partial charge >= 0.3 is 0 Å². The average Bonchev–Trinajstić information content (AvgIpc) is 2.46. The molecule has 2 heterocycles. The normalized spacial score (nSPS) is 23.0. The van der Waals surface area contributed by atoms with Gasteiger partial charge in [0.25, 0.3) is 0 Å². The molecule has 2 aliphatic rings. The summed E-state index contributed by atoms with van der Waals surface area (Å²) in [4.78, 5) is 27.7. The summed E-state index contributed by atoms with van der Waals surface area (Å²) in [7, 11) is 0. The fraction of sp³-hybridized carbons (Fsp3) is 0.429. The number of carbonyl (C=O) groups excluding carboxylic acids is 2. The summed E-state index contributed by atoms with van der Waals surface area (Å²) in [6.07, 6.45) is 2.58. The number of piperidine rings is 1. The standard InChI is InChI=1S/C14H14ClFN2O2/c15-10-7-9(4-5-11(10)16)18-8-13(19)17-6-2-1-3-12(17)14(18)20/h4-5,7,12H,1-3,6,8H2. The fourth-order valence-electron chi connectivity index (χ4n) is 2.84. The zero-order valence-corrected chi connectivity index (χ0v) is 11.6. The molecule has 6 heteroatoms. The van der Waals surface area contributed by atoms with Crippen LogP contribution < -0.4 is 4.90 Å². The fourth-order valence-corrected chi connectivity index (χ4v) is 3.02. The van der Waals surface area contributed by atoms with Crippen LogP contribution in [-0.2, 0) is 9.59 Å². The summed E-state index contributed by atoms with van der Waals surface area (Å²) in [6, 6.07) is 3.70. The SMILES string of the molecule is O=C1C2CCCCN2C(=O)CN1c1ccc(F)c(Cl)c1. The van der Waals surface area contributed by atoms with Crippen molar-refractivity contribution in [3.8, 4) is 0 Å². The Labute approximate surface area is 121 Å². The van der Waals surface area contributed by atoms with Crippen molar-refractivity contribution < 1.29 is 14.0 Å². The Morgan fingerprint density at radius 1 is 1.25 bits per heavy atom. The lowest BCUT2D eigenvalue weighted by Crippen LogP contribution is -2.61. The smallest absolute Gasteiger partial charge is 0.250 e. The molecule has 0 aromatic heterocycles. The quantitative estimate of drug-likeness (QED) is 0.797. The molecule has 4 nitrogen and oxygen atoms in total. The largest absolute Gasteiger partial charge is 0.329 e. The summed E-state index contributed by atoms with van der Waals surface area (Å²) < 4.78 is 13.2. The highest BCUT2D eigenvalue weighted by Crippen LogP contribution is 2.29. The molecule has 1 atom stereocenters. The van der Waals surface area contributed by atoms with E-state index in [0.717, 1.165) is 12.8 Å². The Bertz CT molecular complexity index is 578. The van der Waals surface area contributed by atoms with Crippen molar-refractivity contribution >= 4 is 29.1 Å². The third kappa shape index (κ3) is 2.16. The Kier molecular flexibility index (Phi) is 3.38. The van der Waals surface area contributed by atoms with Gasteiger partial charge in [-0.3, -0.25) is 9.59 Å². The lowest BCUT2D eigenvalue weighted by molar-refractivity contribution is -0.144. The van der Waals surface area contributed by atoms with Gasteiger partial charge in [-0.2, -0.15) is 0 Å². The van der Waals surface area contributed by atoms with Crippen LogP contribution in [0, 0.1) is 5.82 Å². The summed E-state index contributed by atoms with van der Waals surface area (Å²) in [5.74, 6) is -0.702. The maximum absolute atomic E-state index is 13.2. The van der Waals surface area contributed by atoms with E-state index in [0.29, 0.717) is 18.7 Å². The van der Waals surface area contributed by atoms with E-state index in [1.165, 1.54) is 23.1 Å². The van der Waals surface area contributed by atoms with Crippen molar-refractivity contribution in [2.75, 3.05) is 18.0 Å². The zero-order chi connectivity index (χ0) is 14.3. The minimum absolute atomic E-state index is 0.00268. The number of rotatable bonds is 1. The monoisotopic (exact) mass is 296 g/mol. The maximum Gasteiger partial charge on any atom is 0.250 e. The van der Waals surface area contributed by atoms with Crippen LogP contribution in [-0.4, -0.2) is 35.8 Å². The van der Waals surface area contributed by atoms with Crippen LogP contribution in [0.2, 0.25) is 5.02 Å². The lowest BCUT2D eigenvalue weighted by atomic mass is 9.98. The van der Waals surface area contributed by atoms with Crippen LogP contribution >= 0.6 is 11.6 Å². The Balaban J connectivity index is 1.92. The van der Waals surface area contributed by atoms with Gasteiger partial charge in [-0.1, -0.05) is 11.6 Å². The van der Waals surface area contributed by atoms with E-state index in [9.17, 15) is 14.0 Å². The van der Waals surface area contributed by atoms with Crippen LogP contribution in [0.15, 0.2) is 18.2 Å². The number of carbonyl (C=O) groups is 2. The number of piperazine rings is 1. The van der Waals surface area contributed by atoms with Crippen LogP contribution in [0.3, 0.4) is 0 Å². The Morgan fingerprint density at radius 3 is 2.80 bits per heavy atom. The molecule has 0 N–H and O–H groups in total. The third-order valence-electron chi connectivity index (χ3n) is 3.88. The minimum atomic E-state index is -0.537. The molecule has 2 fully saturated rings. The van der Waals surface area contributed by atoms with Crippen LogP contribution in [0.25, 0.3) is 0 Å². The summed E-state index contributed by atoms with van der Waals surface area (Å²) in [5, 5.41) is -0.0474. The molecule has 0 saturated carbocycles. The second kappa shape index (κ2) is 5.05. The summed E-state index contributed by atoms with van der Waals surface area (Å²) in [5.41, 5.74) is 0.472. The van der Waals surface area contributed by atoms with Gasteiger partial charge in [-0.15, -0.1) is 0 Å². The first-order valence-corrected chi connectivity index (χ1v) is 7.01. The predicted molar refractivity (Wildman–Crippen MR) is 73.1 cm³/mol. The van der Waals surface area contributed by atoms with Gasteiger partial charge in [-0.25, -0.2) is 4.39 Å². The molecule has 0 aliphatic carbocycles. The molecule has 1 unspecified atom stereocenters. The van der Waals surface area contributed by atoms with Crippen LogP contribution in [0.4, 0.5) is 10.1 Å². The topological polar surface area (TPSA) is 40.6 Å². The van der Waals surface area contributed by atoms with Crippen molar-refractivity contribution in [2.24, 2.45) is 0 Å². The van der Waals surface area contributed by atoms with E-state index in [-0.39, 0.29) is 29.4 Å². The second-order valence-electron chi connectivity index (χ2n) is 5.12. The number of nitrogens with zero attached hydrogens (tertiary/aromatic N) is 2. The summed E-state index contributed by atoms with van der Waals surface area (Å²) >= 11 is 5.75. The molecule has 2 aliphatic heterocycles. The van der Waals surface area contributed by atoms with Gasteiger partial charge in [0.1, 0.15) is 18.4 Å². The minimum Gasteiger partial charge on any atom is -0.329 e. The van der Waals surface area contributed by atoms with Crippen molar-refractivity contribution in [1.82, 2.24) is 4.90 Å². The zero-order valence-electron chi connectivity index (χ0n) is 10.8. The number of amides is 2. The number of fused-ring (bicyclic) bond motifs is 1. The summed E-state index contributed by atoms with van der Waals surface area (Å²) in [6.45, 7) is 0.643. The van der Waals surface area contributed by atoms with E-state index in [1.807, 2.05) is 0 Å². The van der Waals surface area contributed by atoms with Crippen molar-refractivity contribution in [3.63, 3.8) is 0 Å². The molecule has 0 spiro atoms. The highest BCUT2D eigenvalue weighted by molar-refractivity contribution is 6.31. The molecule has 0 bridgehead atoms. The first kappa shape index (κ1) is 13.4. The lowest BCUT2D eigenvalue weighted by Gasteiger charge is -2.42. The van der Waals surface area contributed by atoms with E-state index < -0.39 is 5.82 Å². The number of halogens is 2. The molecule has 3 rings (SSSR count). The van der Waals surface area contributed by atoms with Crippen molar-refractivity contribution in [3.05, 3.63) is 29.0 Å². The van der Waals surface area contributed by atoms with Gasteiger partial charge in [0.05, 0.1) is 5.02 Å². The molecular formula is C14H14ClFN2O2. The average molecular weight is 297 g/mol. The highest BCUT2D eigenvalue weighted by Gasteiger charge is 2.40. The molecule has 1 aromatic rings. The predicted octanol–water partition coefficient (Wildman–Crippen LogP) is 2.21. The molecule has 20 heavy (non-hydrogen) atoms. The number of anilines is 1. The first-order valence-electron chi connectivity index (χ1n) is 6.64. The van der Waals surface area contributed by atoms with Gasteiger partial charge in [0.2, 0.25) is 11.8 Å². The Morgan fingerprint density at radius 2 is 2.05 bits per heavy atom. The van der Waals surface area contributed by atoms with Crippen molar-refractivity contribution in [2.45, 2.75) is 25.3 Å². The molecule has 1 aromatic carbocycles. The van der Waals surface area contributed by atoms with Gasteiger partial charge in [0, 0.05) is 12.2 Å². The van der Waals surface area contributed by atoms with E-state index in [2.05, 4.69) is 0 Å². The van der Waals surface area contributed by atoms with Crippen molar-refractivity contribution in [1.29, 1.82) is 0 Å². The third-order valence-corrected chi connectivity index (χ3v) is 4.17. The first-order chi connectivity index (χ1) is 9.58. The highest BCUT2D eigenvalue weighted by atomic mass is 35.5. The molecule has 2 amide bonds. The van der Waals surface area contributed by atoms with Gasteiger partial charge < -0.3 is 9.80 Å². The van der Waals surface area contributed by atoms with Gasteiger partial charge in [0.15, 0.2) is 0 Å². The number of hydrogen-bond donors (Lipinski definition) is 0.